The minimum Gasteiger partial charge on any atom is -0.487 e. The van der Waals surface area contributed by atoms with Gasteiger partial charge < -0.3 is 10.5 Å². The summed E-state index contributed by atoms with van der Waals surface area (Å²) in [5.41, 5.74) is 6.88. The van der Waals surface area contributed by atoms with Gasteiger partial charge in [0.1, 0.15) is 11.9 Å². The van der Waals surface area contributed by atoms with Gasteiger partial charge in [0.15, 0.2) is 0 Å². The van der Waals surface area contributed by atoms with E-state index in [2.05, 4.69) is 0 Å². The van der Waals surface area contributed by atoms with Crippen molar-refractivity contribution in [3.8, 4) is 5.75 Å². The lowest BCUT2D eigenvalue weighted by molar-refractivity contribution is 0.228. The lowest BCUT2D eigenvalue weighted by Crippen LogP contribution is -2.21. The second kappa shape index (κ2) is 2.64. The van der Waals surface area contributed by atoms with Crippen LogP contribution in [0.25, 0.3) is 0 Å². The highest BCUT2D eigenvalue weighted by Gasteiger charge is 2.29. The van der Waals surface area contributed by atoms with Crippen molar-refractivity contribution in [3.05, 3.63) is 28.8 Å². The van der Waals surface area contributed by atoms with Crippen molar-refractivity contribution >= 4 is 11.6 Å². The minimum atomic E-state index is -0.0429. The number of hydrogen-bond acceptors (Lipinski definition) is 2. The third-order valence-corrected chi connectivity index (χ3v) is 2.46. The number of rotatable bonds is 0. The van der Waals surface area contributed by atoms with Crippen molar-refractivity contribution < 1.29 is 4.74 Å². The van der Waals surface area contributed by atoms with E-state index >= 15 is 0 Å². The number of ether oxygens (including phenoxy) is 1. The van der Waals surface area contributed by atoms with Gasteiger partial charge in [0, 0.05) is 5.56 Å². The summed E-state index contributed by atoms with van der Waals surface area (Å²) < 4.78 is 5.49. The van der Waals surface area contributed by atoms with Crippen LogP contribution in [-0.2, 0) is 0 Å². The second-order valence-corrected chi connectivity index (χ2v) is 3.41. The number of benzene rings is 1. The lowest BCUT2D eigenvalue weighted by atomic mass is 10.1. The number of nitrogens with two attached hydrogens (primary N) is 1. The van der Waals surface area contributed by atoms with Crippen molar-refractivity contribution in [1.82, 2.24) is 0 Å². The van der Waals surface area contributed by atoms with Gasteiger partial charge in [-0.3, -0.25) is 0 Å². The molecule has 1 aliphatic rings. The van der Waals surface area contributed by atoms with E-state index in [0.29, 0.717) is 5.02 Å². The molecule has 1 aliphatic heterocycles. The average Bonchev–Trinajstić information content (AvgIpc) is 2.32. The Morgan fingerprint density at radius 1 is 1.50 bits per heavy atom. The molecule has 0 bridgehead atoms. The average molecular weight is 184 g/mol. The summed E-state index contributed by atoms with van der Waals surface area (Å²) in [6.07, 6.45) is 0.0277. The Labute approximate surface area is 76.3 Å². The predicted octanol–water partition coefficient (Wildman–Crippen LogP) is 2.12. The molecule has 1 aromatic carbocycles. The monoisotopic (exact) mass is 183 g/mol. The third-order valence-electron chi connectivity index (χ3n) is 2.17. The van der Waals surface area contributed by atoms with E-state index in [-0.39, 0.29) is 12.1 Å². The minimum absolute atomic E-state index is 0.0277. The van der Waals surface area contributed by atoms with E-state index in [1.54, 1.807) is 0 Å². The van der Waals surface area contributed by atoms with Gasteiger partial charge in [-0.1, -0.05) is 23.7 Å². The van der Waals surface area contributed by atoms with E-state index < -0.39 is 0 Å². The molecule has 2 nitrogen and oxygen atoms in total. The summed E-state index contributed by atoms with van der Waals surface area (Å²) in [5, 5.41) is 0.646. The molecule has 0 aliphatic carbocycles. The zero-order valence-electron chi connectivity index (χ0n) is 6.75. The van der Waals surface area contributed by atoms with Gasteiger partial charge in [-0.05, 0) is 13.0 Å². The van der Waals surface area contributed by atoms with E-state index in [1.165, 1.54) is 0 Å². The van der Waals surface area contributed by atoms with E-state index in [1.807, 2.05) is 25.1 Å². The van der Waals surface area contributed by atoms with Crippen molar-refractivity contribution in [2.45, 2.75) is 19.1 Å². The largest absolute Gasteiger partial charge is 0.487 e. The third kappa shape index (κ3) is 0.993. The van der Waals surface area contributed by atoms with Crippen LogP contribution in [0.5, 0.6) is 5.75 Å². The first-order valence-electron chi connectivity index (χ1n) is 3.91. The highest BCUT2D eigenvalue weighted by molar-refractivity contribution is 6.32. The van der Waals surface area contributed by atoms with Crippen LogP contribution in [0.1, 0.15) is 18.5 Å². The summed E-state index contributed by atoms with van der Waals surface area (Å²) >= 11 is 5.92. The first-order chi connectivity index (χ1) is 5.70. The van der Waals surface area contributed by atoms with Crippen molar-refractivity contribution in [2.75, 3.05) is 0 Å². The summed E-state index contributed by atoms with van der Waals surface area (Å²) in [4.78, 5) is 0. The molecular formula is C9H10ClNO. The summed E-state index contributed by atoms with van der Waals surface area (Å²) in [6, 6.07) is 5.61. The lowest BCUT2D eigenvalue weighted by Gasteiger charge is -2.07. The maximum atomic E-state index is 5.92. The molecule has 0 saturated carbocycles. The molecule has 1 aromatic rings. The standard InChI is InChI=1S/C9H10ClNO/c1-5-8(11)6-3-2-4-7(10)9(6)12-5/h2-5,8H,11H2,1H3. The van der Waals surface area contributed by atoms with Crippen LogP contribution >= 0.6 is 11.6 Å². The fraction of sp³-hybridized carbons (Fsp3) is 0.333. The molecular weight excluding hydrogens is 174 g/mol. The first kappa shape index (κ1) is 7.90. The molecule has 2 atom stereocenters. The zero-order valence-corrected chi connectivity index (χ0v) is 7.51. The number of halogens is 1. The molecule has 0 amide bonds. The zero-order chi connectivity index (χ0) is 8.72. The van der Waals surface area contributed by atoms with E-state index in [9.17, 15) is 0 Å². The van der Waals surface area contributed by atoms with Crippen molar-refractivity contribution in [3.63, 3.8) is 0 Å². The molecule has 0 radical (unpaired) electrons. The Hall–Kier alpha value is -0.730. The molecule has 12 heavy (non-hydrogen) atoms. The Kier molecular flexibility index (Phi) is 1.74. The number of hydrogen-bond donors (Lipinski definition) is 1. The van der Waals surface area contributed by atoms with Crippen molar-refractivity contribution in [2.24, 2.45) is 5.73 Å². The van der Waals surface area contributed by atoms with Crippen LogP contribution in [0.15, 0.2) is 18.2 Å². The predicted molar refractivity (Wildman–Crippen MR) is 48.5 cm³/mol. The Morgan fingerprint density at radius 3 is 2.92 bits per heavy atom. The first-order valence-corrected chi connectivity index (χ1v) is 4.28. The summed E-state index contributed by atoms with van der Waals surface area (Å²) in [6.45, 7) is 1.95. The second-order valence-electron chi connectivity index (χ2n) is 3.01. The van der Waals surface area contributed by atoms with Crippen LogP contribution in [0.2, 0.25) is 5.02 Å². The van der Waals surface area contributed by atoms with Crippen LogP contribution in [0.4, 0.5) is 0 Å². The van der Waals surface area contributed by atoms with E-state index in [4.69, 9.17) is 22.1 Å². The molecule has 1 heterocycles. The van der Waals surface area contributed by atoms with Crippen LogP contribution < -0.4 is 10.5 Å². The number of para-hydroxylation sites is 1. The Bertz CT molecular complexity index is 313. The molecule has 2 unspecified atom stereocenters. The molecule has 0 saturated heterocycles. The van der Waals surface area contributed by atoms with Gasteiger partial charge in [0.25, 0.3) is 0 Å². The van der Waals surface area contributed by atoms with Gasteiger partial charge in [0.2, 0.25) is 0 Å². The maximum absolute atomic E-state index is 5.92. The van der Waals surface area contributed by atoms with Crippen LogP contribution in [0, 0.1) is 0 Å². The van der Waals surface area contributed by atoms with Crippen LogP contribution in [-0.4, -0.2) is 6.10 Å². The molecule has 64 valence electrons. The van der Waals surface area contributed by atoms with Gasteiger partial charge in [-0.2, -0.15) is 0 Å². The van der Waals surface area contributed by atoms with Crippen LogP contribution in [0.3, 0.4) is 0 Å². The molecule has 0 spiro atoms. The Balaban J connectivity index is 2.53. The van der Waals surface area contributed by atoms with Gasteiger partial charge in [0.05, 0.1) is 11.1 Å². The number of fused-ring (bicyclic) bond motifs is 1. The SMILES string of the molecule is CC1Oc2c(Cl)cccc2C1N. The topological polar surface area (TPSA) is 35.2 Å². The van der Waals surface area contributed by atoms with Crippen molar-refractivity contribution in [1.29, 1.82) is 0 Å². The van der Waals surface area contributed by atoms with Gasteiger partial charge in [-0.15, -0.1) is 0 Å². The highest BCUT2D eigenvalue weighted by atomic mass is 35.5. The quantitative estimate of drug-likeness (QED) is 0.669. The normalized spacial score (nSPS) is 26.6. The molecule has 2 rings (SSSR count). The van der Waals surface area contributed by atoms with Gasteiger partial charge >= 0.3 is 0 Å². The molecule has 0 aromatic heterocycles. The maximum Gasteiger partial charge on any atom is 0.143 e. The fourth-order valence-electron chi connectivity index (χ4n) is 1.42. The molecule has 3 heteroatoms. The molecule has 0 fully saturated rings. The summed E-state index contributed by atoms with van der Waals surface area (Å²) in [7, 11) is 0. The highest BCUT2D eigenvalue weighted by Crippen LogP contribution is 2.39. The van der Waals surface area contributed by atoms with Gasteiger partial charge in [-0.25, -0.2) is 0 Å². The molecule has 2 N–H and O–H groups in total. The fourth-order valence-corrected chi connectivity index (χ4v) is 1.65. The smallest absolute Gasteiger partial charge is 0.143 e. The van der Waals surface area contributed by atoms with E-state index in [0.717, 1.165) is 11.3 Å². The summed E-state index contributed by atoms with van der Waals surface area (Å²) in [5.74, 6) is 0.749. The Morgan fingerprint density at radius 2 is 2.25 bits per heavy atom.